The third kappa shape index (κ3) is 6.24. The average molecular weight is 763 g/mol. The van der Waals surface area contributed by atoms with Gasteiger partial charge in [-0.25, -0.2) is 15.0 Å². The maximum Gasteiger partial charge on any atom is 0.164 e. The van der Waals surface area contributed by atoms with Crippen LogP contribution in [0.3, 0.4) is 0 Å². The summed E-state index contributed by atoms with van der Waals surface area (Å²) in [5.74, 6) is 1.37. The molecule has 11 aromatic rings. The molecule has 0 radical (unpaired) electrons. The second-order valence-corrected chi connectivity index (χ2v) is 14.1. The minimum absolute atomic E-state index is 0.134. The highest BCUT2D eigenvalue weighted by Gasteiger charge is 2.17. The maximum atomic E-state index is 8.80. The van der Waals surface area contributed by atoms with Crippen LogP contribution in [0.5, 0.6) is 0 Å². The van der Waals surface area contributed by atoms with Crippen molar-refractivity contribution >= 4 is 32.6 Å². The molecule has 0 saturated carbocycles. The van der Waals surface area contributed by atoms with Crippen molar-refractivity contribution in [2.45, 2.75) is 0 Å². The summed E-state index contributed by atoms with van der Waals surface area (Å²) < 4.78 is 86.6. The van der Waals surface area contributed by atoms with Gasteiger partial charge >= 0.3 is 0 Å². The third-order valence-electron chi connectivity index (χ3n) is 10.6. The maximum absolute atomic E-state index is 8.80. The Labute approximate surface area is 356 Å². The van der Waals surface area contributed by atoms with Crippen LogP contribution in [-0.2, 0) is 0 Å². The Bertz CT molecular complexity index is 3850. The van der Waals surface area contributed by atoms with Gasteiger partial charge in [0.25, 0.3) is 0 Å². The first-order valence-electron chi connectivity index (χ1n) is 24.1. The molecule has 0 unspecified atom stereocenters. The van der Waals surface area contributed by atoms with Crippen molar-refractivity contribution in [1.82, 2.24) is 19.5 Å². The van der Waals surface area contributed by atoms with Gasteiger partial charge in [0.1, 0.15) is 0 Å². The van der Waals surface area contributed by atoms with Crippen LogP contribution in [0.15, 0.2) is 218 Å². The Hall–Kier alpha value is -7.95. The molecule has 276 valence electrons. The molecule has 4 heteroatoms. The monoisotopic (exact) mass is 762 g/mol. The van der Waals surface area contributed by atoms with Crippen molar-refractivity contribution < 1.29 is 13.7 Å². The lowest BCUT2D eigenvalue weighted by atomic mass is 9.91. The van der Waals surface area contributed by atoms with E-state index in [9.17, 15) is 0 Å². The molecular formula is C55H36N4. The number of aromatic nitrogens is 4. The number of rotatable bonds is 7. The zero-order chi connectivity index (χ0) is 47.8. The van der Waals surface area contributed by atoms with E-state index in [0.29, 0.717) is 28.6 Å². The average Bonchev–Trinajstić information content (AvgIpc) is 3.72. The summed E-state index contributed by atoms with van der Waals surface area (Å²) in [5.41, 5.74) is 7.90. The predicted octanol–water partition coefficient (Wildman–Crippen LogP) is 14.1. The van der Waals surface area contributed by atoms with Crippen molar-refractivity contribution in [2.75, 3.05) is 0 Å². The second-order valence-electron chi connectivity index (χ2n) is 14.1. The van der Waals surface area contributed by atoms with Crippen LogP contribution in [-0.4, -0.2) is 19.5 Å². The van der Waals surface area contributed by atoms with E-state index in [0.717, 1.165) is 66.1 Å². The summed E-state index contributed by atoms with van der Waals surface area (Å²) >= 11 is 0. The zero-order valence-corrected chi connectivity index (χ0v) is 31.3. The molecule has 0 fully saturated rings. The highest BCUT2D eigenvalue weighted by Crippen LogP contribution is 2.39. The lowest BCUT2D eigenvalue weighted by Crippen LogP contribution is -2.01. The lowest BCUT2D eigenvalue weighted by molar-refractivity contribution is 1.07. The van der Waals surface area contributed by atoms with E-state index < -0.39 is 24.2 Å². The Balaban J connectivity index is 1.02. The molecule has 0 bridgehead atoms. The first-order chi connectivity index (χ1) is 33.4. The number of benzene rings is 9. The summed E-state index contributed by atoms with van der Waals surface area (Å²) in [5, 5.41) is 3.40. The largest absolute Gasteiger partial charge is 0.309 e. The molecule has 0 N–H and O–H groups in total. The molecule has 0 atom stereocenters. The highest BCUT2D eigenvalue weighted by atomic mass is 15.0. The van der Waals surface area contributed by atoms with Crippen LogP contribution in [0, 0.1) is 0 Å². The number of para-hydroxylation sites is 1. The first-order valence-corrected chi connectivity index (χ1v) is 19.1. The topological polar surface area (TPSA) is 43.6 Å². The molecule has 11 rings (SSSR count). The molecule has 0 saturated heterocycles. The third-order valence-corrected chi connectivity index (χ3v) is 10.6. The van der Waals surface area contributed by atoms with Crippen LogP contribution in [0.25, 0.3) is 106 Å². The zero-order valence-electron chi connectivity index (χ0n) is 41.3. The number of fused-ring (bicyclic) bond motifs is 4. The second kappa shape index (κ2) is 14.5. The normalized spacial score (nSPS) is 13.8. The lowest BCUT2D eigenvalue weighted by Gasteiger charge is -2.14. The van der Waals surface area contributed by atoms with Gasteiger partial charge in [-0.05, 0) is 92.7 Å². The van der Waals surface area contributed by atoms with E-state index in [2.05, 4.69) is 4.57 Å². The van der Waals surface area contributed by atoms with Gasteiger partial charge in [-0.2, -0.15) is 0 Å². The summed E-state index contributed by atoms with van der Waals surface area (Å²) in [7, 11) is 0. The van der Waals surface area contributed by atoms with Crippen molar-refractivity contribution in [3.8, 4) is 73.2 Å². The first kappa shape index (κ1) is 25.3. The van der Waals surface area contributed by atoms with E-state index in [1.807, 2.05) is 146 Å². The predicted molar refractivity (Wildman–Crippen MR) is 244 cm³/mol. The van der Waals surface area contributed by atoms with Crippen LogP contribution in [0.1, 0.15) is 13.7 Å². The van der Waals surface area contributed by atoms with E-state index in [-0.39, 0.29) is 47.4 Å². The van der Waals surface area contributed by atoms with Crippen molar-refractivity contribution in [3.05, 3.63) is 218 Å². The Morgan fingerprint density at radius 3 is 1.63 bits per heavy atom. The molecule has 0 aliphatic rings. The molecule has 59 heavy (non-hydrogen) atoms. The van der Waals surface area contributed by atoms with Crippen LogP contribution in [0.4, 0.5) is 0 Å². The van der Waals surface area contributed by atoms with E-state index in [1.54, 1.807) is 12.1 Å². The van der Waals surface area contributed by atoms with Crippen molar-refractivity contribution in [1.29, 1.82) is 0 Å². The molecule has 0 spiro atoms. The molecular weight excluding hydrogens is 717 g/mol. The smallest absolute Gasteiger partial charge is 0.164 e. The minimum Gasteiger partial charge on any atom is -0.309 e. The quantitative estimate of drug-likeness (QED) is 0.162. The molecule has 0 aliphatic heterocycles. The molecule has 2 aromatic heterocycles. The van der Waals surface area contributed by atoms with Gasteiger partial charge in [0.05, 0.1) is 24.7 Å². The van der Waals surface area contributed by atoms with E-state index >= 15 is 0 Å². The van der Waals surface area contributed by atoms with E-state index in [1.165, 1.54) is 0 Å². The van der Waals surface area contributed by atoms with Gasteiger partial charge < -0.3 is 4.57 Å². The number of hydrogen-bond acceptors (Lipinski definition) is 3. The van der Waals surface area contributed by atoms with E-state index in [4.69, 9.17) is 28.7 Å². The van der Waals surface area contributed by atoms with Crippen LogP contribution >= 0.6 is 0 Å². The van der Waals surface area contributed by atoms with Crippen LogP contribution in [0.2, 0.25) is 0 Å². The molecule has 0 amide bonds. The van der Waals surface area contributed by atoms with Gasteiger partial charge in [0.15, 0.2) is 17.5 Å². The van der Waals surface area contributed by atoms with Crippen molar-refractivity contribution in [3.63, 3.8) is 0 Å². The Kier molecular flexibility index (Phi) is 6.24. The number of nitrogens with zero attached hydrogens (tertiary/aromatic N) is 4. The summed E-state index contributed by atoms with van der Waals surface area (Å²) in [6, 6.07) is 47.0. The standard InChI is InChI=1S/C55H36N4/c1-4-15-37(16-5-1)42-31-34-51-49(36-42)48-25-10-11-28-50(48)59(51)45-32-29-41(30-33-45)54-56-53(40-19-8-3-9-20-40)57-55(58-54)44-24-12-23-43(35-44)47-27-14-22-39-21-13-26-46(52(39)47)38-17-6-2-7-18-38/h1-36H/i1D,2D,4D,5D,6D,7D,15D,16D,17D,18D. The molecule has 2 heterocycles. The van der Waals surface area contributed by atoms with Crippen molar-refractivity contribution in [2.24, 2.45) is 0 Å². The summed E-state index contributed by atoms with van der Waals surface area (Å²) in [6.07, 6.45) is 0. The minimum atomic E-state index is -0.443. The Morgan fingerprint density at radius 2 is 0.898 bits per heavy atom. The summed E-state index contributed by atoms with van der Waals surface area (Å²) in [4.78, 5) is 15.1. The van der Waals surface area contributed by atoms with Gasteiger partial charge in [-0.3, -0.25) is 0 Å². The molecule has 4 nitrogen and oxygen atoms in total. The van der Waals surface area contributed by atoms with Crippen LogP contribution < -0.4 is 0 Å². The van der Waals surface area contributed by atoms with Gasteiger partial charge in [-0.15, -0.1) is 0 Å². The SMILES string of the molecule is [2H]c1c([2H])c([2H])c(-c2ccc3c(c2)c2ccccc2n3-c2ccc(-c3nc(-c4ccccc4)nc(-c4cccc(-c5cccc6cccc(-c7c([2H])c([2H])c([2H])c([2H])c7[2H])c56)c4)n3)cc2)c([2H])c1[2H]. The number of hydrogen-bond donors (Lipinski definition) is 0. The highest BCUT2D eigenvalue weighted by molar-refractivity contribution is 6.10. The summed E-state index contributed by atoms with van der Waals surface area (Å²) in [6.45, 7) is 0. The fraction of sp³-hybridized carbons (Fsp3) is 0. The fourth-order valence-corrected chi connectivity index (χ4v) is 7.91. The fourth-order valence-electron chi connectivity index (χ4n) is 7.91. The molecule has 9 aromatic carbocycles. The van der Waals surface area contributed by atoms with Gasteiger partial charge in [0.2, 0.25) is 0 Å². The van der Waals surface area contributed by atoms with Gasteiger partial charge in [0, 0.05) is 33.2 Å². The Morgan fingerprint density at radius 1 is 0.356 bits per heavy atom. The van der Waals surface area contributed by atoms with Gasteiger partial charge in [-0.1, -0.05) is 170 Å². The molecule has 0 aliphatic carbocycles.